The number of halogens is 1. The Labute approximate surface area is 155 Å². The number of anilines is 1. The number of rotatable bonds is 2. The molecule has 0 amide bonds. The maximum atomic E-state index is 4.97. The zero-order valence-corrected chi connectivity index (χ0v) is 15.3. The third-order valence-electron chi connectivity index (χ3n) is 4.27. The van der Waals surface area contributed by atoms with Crippen LogP contribution in [-0.4, -0.2) is 5.71 Å². The van der Waals surface area contributed by atoms with Crippen molar-refractivity contribution in [3.8, 4) is 0 Å². The van der Waals surface area contributed by atoms with Crippen molar-refractivity contribution >= 4 is 39.7 Å². The highest BCUT2D eigenvalue weighted by Crippen LogP contribution is 2.35. The van der Waals surface area contributed by atoms with E-state index in [0.717, 1.165) is 23.5 Å². The van der Waals surface area contributed by atoms with Gasteiger partial charge in [0.25, 0.3) is 0 Å². The van der Waals surface area contributed by atoms with Gasteiger partial charge in [0.05, 0.1) is 23.1 Å². The molecule has 1 aliphatic rings. The third-order valence-corrected chi connectivity index (χ3v) is 4.99. The van der Waals surface area contributed by atoms with Crippen LogP contribution in [0.5, 0.6) is 0 Å². The first-order valence-corrected chi connectivity index (χ1v) is 9.11. The molecule has 0 aromatic heterocycles. The molecule has 2 nitrogen and oxygen atoms in total. The molecule has 1 heterocycles. The fraction of sp³-hybridized carbons (Fsp3) is 0.0952. The molecular weight excluding hydrogens is 407 g/mol. The minimum absolute atomic E-state index is 0.216. The van der Waals surface area contributed by atoms with Crippen molar-refractivity contribution in [2.24, 2.45) is 4.99 Å². The van der Waals surface area contributed by atoms with Crippen molar-refractivity contribution in [2.45, 2.75) is 12.5 Å². The van der Waals surface area contributed by atoms with E-state index in [2.05, 4.69) is 101 Å². The predicted octanol–water partition coefficient (Wildman–Crippen LogP) is 5.97. The van der Waals surface area contributed by atoms with Crippen molar-refractivity contribution < 1.29 is 0 Å². The number of benzene rings is 3. The summed E-state index contributed by atoms with van der Waals surface area (Å²) in [5.41, 5.74) is 5.69. The monoisotopic (exact) mass is 424 g/mol. The molecule has 118 valence electrons. The van der Waals surface area contributed by atoms with E-state index in [1.165, 1.54) is 14.7 Å². The number of para-hydroxylation sites is 2. The highest BCUT2D eigenvalue weighted by Gasteiger charge is 2.20. The Balaban J connectivity index is 1.80. The number of nitrogens with one attached hydrogen (secondary N) is 1. The Morgan fingerprint density at radius 1 is 0.833 bits per heavy atom. The van der Waals surface area contributed by atoms with E-state index in [9.17, 15) is 0 Å². The van der Waals surface area contributed by atoms with Crippen molar-refractivity contribution in [1.82, 2.24) is 0 Å². The second-order valence-corrected chi connectivity index (χ2v) is 7.14. The van der Waals surface area contributed by atoms with Crippen molar-refractivity contribution in [1.29, 1.82) is 0 Å². The summed E-state index contributed by atoms with van der Waals surface area (Å²) in [5.74, 6) is 0. The molecule has 0 unspecified atom stereocenters. The fourth-order valence-electron chi connectivity index (χ4n) is 3.03. The first-order chi connectivity index (χ1) is 11.8. The molecule has 1 N–H and O–H groups in total. The molecule has 4 rings (SSSR count). The van der Waals surface area contributed by atoms with E-state index in [1.807, 2.05) is 6.07 Å². The third kappa shape index (κ3) is 3.22. The Kier molecular flexibility index (Phi) is 4.34. The Morgan fingerprint density at radius 3 is 2.33 bits per heavy atom. The highest BCUT2D eigenvalue weighted by molar-refractivity contribution is 14.1. The zero-order chi connectivity index (χ0) is 16.4. The summed E-state index contributed by atoms with van der Waals surface area (Å²) >= 11 is 2.34. The number of fused-ring (bicyclic) bond motifs is 1. The first-order valence-electron chi connectivity index (χ1n) is 8.03. The molecule has 0 saturated carbocycles. The first kappa shape index (κ1) is 15.4. The van der Waals surface area contributed by atoms with Gasteiger partial charge >= 0.3 is 0 Å². The molecule has 0 bridgehead atoms. The summed E-state index contributed by atoms with van der Waals surface area (Å²) in [4.78, 5) is 4.97. The van der Waals surface area contributed by atoms with Gasteiger partial charge in [0.15, 0.2) is 0 Å². The van der Waals surface area contributed by atoms with Crippen molar-refractivity contribution in [3.05, 3.63) is 93.6 Å². The van der Waals surface area contributed by atoms with Crippen LogP contribution in [-0.2, 0) is 0 Å². The number of hydrogen-bond donors (Lipinski definition) is 1. The second kappa shape index (κ2) is 6.77. The number of nitrogens with zero attached hydrogens (tertiary/aromatic N) is 1. The van der Waals surface area contributed by atoms with Gasteiger partial charge in [0.2, 0.25) is 0 Å². The largest absolute Gasteiger partial charge is 0.376 e. The topological polar surface area (TPSA) is 24.4 Å². The average molecular weight is 424 g/mol. The van der Waals surface area contributed by atoms with Crippen LogP contribution in [0.1, 0.15) is 23.6 Å². The zero-order valence-electron chi connectivity index (χ0n) is 13.1. The van der Waals surface area contributed by atoms with E-state index >= 15 is 0 Å². The minimum atomic E-state index is 0.216. The molecule has 3 aromatic carbocycles. The quantitative estimate of drug-likeness (QED) is 0.504. The molecule has 1 aliphatic heterocycles. The Hall–Kier alpha value is -2.14. The van der Waals surface area contributed by atoms with Gasteiger partial charge in [-0.05, 0) is 58.0 Å². The van der Waals surface area contributed by atoms with Gasteiger partial charge in [-0.1, -0.05) is 54.6 Å². The van der Waals surface area contributed by atoms with Crippen LogP contribution in [0.3, 0.4) is 0 Å². The van der Waals surface area contributed by atoms with Crippen LogP contribution in [0.2, 0.25) is 0 Å². The molecule has 0 saturated heterocycles. The molecule has 0 aliphatic carbocycles. The molecule has 3 aromatic rings. The Bertz CT molecular complexity index is 870. The standard InChI is InChI=1S/C21H17IN2/c22-17-12-10-16(11-13-17)21-14-20(15-6-2-1-3-7-15)23-18-8-4-5-9-19(18)24-21/h1-13,20,23H,14H2/t20-/m0/s1. The summed E-state index contributed by atoms with van der Waals surface area (Å²) in [5, 5.41) is 3.67. The van der Waals surface area contributed by atoms with Crippen LogP contribution >= 0.6 is 22.6 Å². The molecule has 0 fully saturated rings. The van der Waals surface area contributed by atoms with Crippen molar-refractivity contribution in [2.75, 3.05) is 5.32 Å². The number of hydrogen-bond acceptors (Lipinski definition) is 2. The smallest absolute Gasteiger partial charge is 0.0864 e. The maximum Gasteiger partial charge on any atom is 0.0864 e. The van der Waals surface area contributed by atoms with Gasteiger partial charge in [-0.15, -0.1) is 0 Å². The molecule has 3 heteroatoms. The summed E-state index contributed by atoms with van der Waals surface area (Å²) in [6.45, 7) is 0. The van der Waals surface area contributed by atoms with Crippen LogP contribution in [0, 0.1) is 3.57 Å². The van der Waals surface area contributed by atoms with E-state index < -0.39 is 0 Å². The highest BCUT2D eigenvalue weighted by atomic mass is 127. The summed E-state index contributed by atoms with van der Waals surface area (Å²) in [6.07, 6.45) is 0.860. The lowest BCUT2D eigenvalue weighted by molar-refractivity contribution is 0.828. The van der Waals surface area contributed by atoms with E-state index in [1.54, 1.807) is 0 Å². The fourth-order valence-corrected chi connectivity index (χ4v) is 3.39. The van der Waals surface area contributed by atoms with Crippen LogP contribution in [0.25, 0.3) is 0 Å². The number of aliphatic imine (C=N–C) groups is 1. The van der Waals surface area contributed by atoms with Crippen LogP contribution in [0.15, 0.2) is 83.9 Å². The van der Waals surface area contributed by atoms with Gasteiger partial charge in [0.1, 0.15) is 0 Å². The van der Waals surface area contributed by atoms with Gasteiger partial charge in [-0.25, -0.2) is 0 Å². The Morgan fingerprint density at radius 2 is 1.54 bits per heavy atom. The molecule has 0 radical (unpaired) electrons. The van der Waals surface area contributed by atoms with Crippen LogP contribution in [0.4, 0.5) is 11.4 Å². The van der Waals surface area contributed by atoms with Crippen molar-refractivity contribution in [3.63, 3.8) is 0 Å². The second-order valence-electron chi connectivity index (χ2n) is 5.89. The lowest BCUT2D eigenvalue weighted by Crippen LogP contribution is -2.14. The average Bonchev–Trinajstić information content (AvgIpc) is 2.83. The van der Waals surface area contributed by atoms with E-state index in [-0.39, 0.29) is 6.04 Å². The summed E-state index contributed by atoms with van der Waals surface area (Å²) in [7, 11) is 0. The predicted molar refractivity (Wildman–Crippen MR) is 109 cm³/mol. The van der Waals surface area contributed by atoms with Gasteiger partial charge in [-0.2, -0.15) is 0 Å². The van der Waals surface area contributed by atoms with Gasteiger partial charge in [0, 0.05) is 9.99 Å². The van der Waals surface area contributed by atoms with Crippen LogP contribution < -0.4 is 5.32 Å². The molecule has 0 spiro atoms. The molecule has 1 atom stereocenters. The maximum absolute atomic E-state index is 4.97. The van der Waals surface area contributed by atoms with Gasteiger partial charge < -0.3 is 5.32 Å². The summed E-state index contributed by atoms with van der Waals surface area (Å²) < 4.78 is 1.24. The normalized spacial score (nSPS) is 16.5. The SMILES string of the molecule is Ic1ccc(C2=Nc3ccccc3N[C@H](c3ccccc3)C2)cc1. The lowest BCUT2D eigenvalue weighted by atomic mass is 9.97. The molecular formula is C21H17IN2. The van der Waals surface area contributed by atoms with Gasteiger partial charge in [-0.3, -0.25) is 4.99 Å². The van der Waals surface area contributed by atoms with E-state index in [0.29, 0.717) is 0 Å². The van der Waals surface area contributed by atoms with E-state index in [4.69, 9.17) is 4.99 Å². The minimum Gasteiger partial charge on any atom is -0.376 e. The summed E-state index contributed by atoms with van der Waals surface area (Å²) in [6, 6.07) is 27.7. The molecule has 24 heavy (non-hydrogen) atoms. The lowest BCUT2D eigenvalue weighted by Gasteiger charge is -2.19.